The van der Waals surface area contributed by atoms with E-state index in [0.29, 0.717) is 17.6 Å². The number of hydrogen-bond donors (Lipinski definition) is 2. The Morgan fingerprint density at radius 3 is 3.00 bits per heavy atom. The summed E-state index contributed by atoms with van der Waals surface area (Å²) in [4.78, 5) is 15.9. The van der Waals surface area contributed by atoms with E-state index >= 15 is 0 Å². The van der Waals surface area contributed by atoms with Gasteiger partial charge in [0.1, 0.15) is 5.82 Å². The van der Waals surface area contributed by atoms with Crippen LogP contribution in [0.2, 0.25) is 5.02 Å². The van der Waals surface area contributed by atoms with Crippen LogP contribution in [0.25, 0.3) is 0 Å². The number of guanidine groups is 1. The highest BCUT2D eigenvalue weighted by Crippen LogP contribution is 2.25. The fraction of sp³-hybridized carbons (Fsp3) is 0.500. The SMILES string of the molecule is CCNC(=NCc1csc(CC)n1)NC1CCN(c2ncccc2Cl)C1.I. The van der Waals surface area contributed by atoms with Gasteiger partial charge in [-0.25, -0.2) is 15.0 Å². The van der Waals surface area contributed by atoms with Crippen LogP contribution >= 0.6 is 46.9 Å². The second kappa shape index (κ2) is 11.0. The first kappa shape index (κ1) is 22.2. The molecule has 27 heavy (non-hydrogen) atoms. The first-order valence-corrected chi connectivity index (χ1v) is 10.3. The fourth-order valence-electron chi connectivity index (χ4n) is 2.94. The lowest BCUT2D eigenvalue weighted by atomic mass is 10.3. The van der Waals surface area contributed by atoms with Gasteiger partial charge in [-0.3, -0.25) is 0 Å². The topological polar surface area (TPSA) is 65.4 Å². The van der Waals surface area contributed by atoms with Gasteiger partial charge in [0.25, 0.3) is 0 Å². The molecule has 0 radical (unpaired) electrons. The highest BCUT2D eigenvalue weighted by atomic mass is 127. The van der Waals surface area contributed by atoms with Gasteiger partial charge in [-0.05, 0) is 31.9 Å². The van der Waals surface area contributed by atoms with Gasteiger partial charge < -0.3 is 15.5 Å². The highest BCUT2D eigenvalue weighted by Gasteiger charge is 2.25. The second-order valence-electron chi connectivity index (χ2n) is 6.17. The number of hydrogen-bond acceptors (Lipinski definition) is 5. The number of nitrogens with zero attached hydrogens (tertiary/aromatic N) is 4. The zero-order valence-corrected chi connectivity index (χ0v) is 19.5. The molecule has 1 atom stereocenters. The minimum atomic E-state index is 0. The van der Waals surface area contributed by atoms with E-state index < -0.39 is 0 Å². The average molecular weight is 521 g/mol. The standard InChI is InChI=1S/C18H25ClN6S.HI/c1-3-16-23-14(12-26-16)10-22-18(20-4-2)24-13-7-9-25(11-13)17-15(19)6-5-8-21-17;/h5-6,8,12-13H,3-4,7,9-11H2,1-2H3,(H2,20,22,24);1H. The van der Waals surface area contributed by atoms with Crippen molar-refractivity contribution in [3.05, 3.63) is 39.4 Å². The minimum Gasteiger partial charge on any atom is -0.357 e. The van der Waals surface area contributed by atoms with Crippen LogP contribution < -0.4 is 15.5 Å². The van der Waals surface area contributed by atoms with Gasteiger partial charge in [0.15, 0.2) is 5.96 Å². The Balaban J connectivity index is 0.00000261. The van der Waals surface area contributed by atoms with E-state index in [4.69, 9.17) is 11.6 Å². The molecule has 0 spiro atoms. The summed E-state index contributed by atoms with van der Waals surface area (Å²) < 4.78 is 0. The number of pyridine rings is 1. The smallest absolute Gasteiger partial charge is 0.191 e. The average Bonchev–Trinajstić information content (AvgIpc) is 3.29. The number of aromatic nitrogens is 2. The zero-order chi connectivity index (χ0) is 18.4. The lowest BCUT2D eigenvalue weighted by Gasteiger charge is -2.20. The van der Waals surface area contributed by atoms with Gasteiger partial charge in [-0.15, -0.1) is 35.3 Å². The number of thiazole rings is 1. The summed E-state index contributed by atoms with van der Waals surface area (Å²) in [5.74, 6) is 1.69. The molecule has 0 aromatic carbocycles. The molecule has 3 rings (SSSR count). The van der Waals surface area contributed by atoms with Crippen LogP contribution in [0, 0.1) is 0 Å². The van der Waals surface area contributed by atoms with Crippen molar-refractivity contribution in [2.45, 2.75) is 39.3 Å². The molecule has 1 fully saturated rings. The Morgan fingerprint density at radius 1 is 1.44 bits per heavy atom. The largest absolute Gasteiger partial charge is 0.357 e. The summed E-state index contributed by atoms with van der Waals surface area (Å²) in [5, 5.41) is 10.8. The molecule has 2 aromatic rings. The van der Waals surface area contributed by atoms with Gasteiger partial charge in [-0.2, -0.15) is 0 Å². The molecule has 1 unspecified atom stereocenters. The first-order valence-electron chi connectivity index (χ1n) is 9.03. The highest BCUT2D eigenvalue weighted by molar-refractivity contribution is 14.0. The number of rotatable bonds is 6. The maximum atomic E-state index is 6.27. The molecule has 2 N–H and O–H groups in total. The van der Waals surface area contributed by atoms with Crippen LogP contribution in [0.4, 0.5) is 5.82 Å². The Kier molecular flexibility index (Phi) is 9.04. The van der Waals surface area contributed by atoms with Crippen LogP contribution in [0.1, 0.15) is 31.0 Å². The van der Waals surface area contributed by atoms with Crippen LogP contribution in [-0.2, 0) is 13.0 Å². The third-order valence-corrected chi connectivity index (χ3v) is 5.55. The molecule has 0 amide bonds. The summed E-state index contributed by atoms with van der Waals surface area (Å²) in [7, 11) is 0. The summed E-state index contributed by atoms with van der Waals surface area (Å²) in [6.07, 6.45) is 3.78. The molecule has 1 aliphatic rings. The molecule has 148 valence electrons. The molecular formula is C18H26ClIN6S. The number of aliphatic imine (C=N–C) groups is 1. The van der Waals surface area contributed by atoms with Crippen molar-refractivity contribution in [2.75, 3.05) is 24.5 Å². The summed E-state index contributed by atoms with van der Waals surface area (Å²) in [6, 6.07) is 4.05. The van der Waals surface area contributed by atoms with E-state index in [1.807, 2.05) is 12.1 Å². The van der Waals surface area contributed by atoms with Crippen molar-refractivity contribution in [3.63, 3.8) is 0 Å². The normalized spacial score (nSPS) is 16.9. The summed E-state index contributed by atoms with van der Waals surface area (Å²) >= 11 is 7.97. The van der Waals surface area contributed by atoms with Crippen molar-refractivity contribution < 1.29 is 0 Å². The van der Waals surface area contributed by atoms with Gasteiger partial charge >= 0.3 is 0 Å². The fourth-order valence-corrected chi connectivity index (χ4v) is 3.91. The van der Waals surface area contributed by atoms with Gasteiger partial charge in [0.05, 0.1) is 22.3 Å². The number of halogens is 2. The monoisotopic (exact) mass is 520 g/mol. The molecule has 0 bridgehead atoms. The third kappa shape index (κ3) is 6.18. The molecule has 9 heteroatoms. The van der Waals surface area contributed by atoms with Gasteiger partial charge in [0.2, 0.25) is 0 Å². The Bertz CT molecular complexity index is 753. The van der Waals surface area contributed by atoms with Crippen molar-refractivity contribution >= 4 is 58.7 Å². The zero-order valence-electron chi connectivity index (χ0n) is 15.6. The lowest BCUT2D eigenvalue weighted by molar-refractivity contribution is 0.648. The second-order valence-corrected chi connectivity index (χ2v) is 7.52. The number of nitrogens with one attached hydrogen (secondary N) is 2. The minimum absolute atomic E-state index is 0. The Morgan fingerprint density at radius 2 is 2.30 bits per heavy atom. The molecule has 3 heterocycles. The Hall–Kier alpha value is -1.13. The van der Waals surface area contributed by atoms with Crippen LogP contribution in [-0.4, -0.2) is 41.6 Å². The molecule has 2 aromatic heterocycles. The first-order chi connectivity index (χ1) is 12.7. The van der Waals surface area contributed by atoms with E-state index in [1.165, 1.54) is 0 Å². The van der Waals surface area contributed by atoms with Crippen molar-refractivity contribution in [1.29, 1.82) is 0 Å². The van der Waals surface area contributed by atoms with Crippen molar-refractivity contribution in [2.24, 2.45) is 4.99 Å². The van der Waals surface area contributed by atoms with E-state index in [0.717, 1.165) is 55.0 Å². The van der Waals surface area contributed by atoms with Crippen LogP contribution in [0.5, 0.6) is 0 Å². The molecule has 1 saturated heterocycles. The van der Waals surface area contributed by atoms with E-state index in [1.54, 1.807) is 17.5 Å². The summed E-state index contributed by atoms with van der Waals surface area (Å²) in [5.41, 5.74) is 1.03. The molecule has 6 nitrogen and oxygen atoms in total. The molecule has 0 saturated carbocycles. The van der Waals surface area contributed by atoms with Crippen LogP contribution in [0.15, 0.2) is 28.7 Å². The lowest BCUT2D eigenvalue weighted by Crippen LogP contribution is -2.44. The predicted octanol–water partition coefficient (Wildman–Crippen LogP) is 3.71. The van der Waals surface area contributed by atoms with Crippen molar-refractivity contribution in [3.8, 4) is 0 Å². The molecule has 1 aliphatic heterocycles. The Labute approximate surface area is 186 Å². The third-order valence-electron chi connectivity index (χ3n) is 4.21. The van der Waals surface area contributed by atoms with E-state index in [9.17, 15) is 0 Å². The molecular weight excluding hydrogens is 495 g/mol. The van der Waals surface area contributed by atoms with E-state index in [2.05, 4.69) is 49.7 Å². The van der Waals surface area contributed by atoms with E-state index in [-0.39, 0.29) is 24.0 Å². The van der Waals surface area contributed by atoms with Crippen molar-refractivity contribution in [1.82, 2.24) is 20.6 Å². The molecule has 0 aliphatic carbocycles. The predicted molar refractivity (Wildman–Crippen MR) is 125 cm³/mol. The quantitative estimate of drug-likeness (QED) is 0.345. The van der Waals surface area contributed by atoms with Gasteiger partial charge in [0, 0.05) is 37.3 Å². The van der Waals surface area contributed by atoms with Crippen LogP contribution in [0.3, 0.4) is 0 Å². The maximum Gasteiger partial charge on any atom is 0.191 e. The number of anilines is 1. The van der Waals surface area contributed by atoms with Gasteiger partial charge in [-0.1, -0.05) is 18.5 Å². The maximum absolute atomic E-state index is 6.27. The number of aryl methyl sites for hydroxylation is 1. The summed E-state index contributed by atoms with van der Waals surface area (Å²) in [6.45, 7) is 7.40.